The summed E-state index contributed by atoms with van der Waals surface area (Å²) in [5.41, 5.74) is 8.78. The second-order valence-corrected chi connectivity index (χ2v) is 8.44. The van der Waals surface area contributed by atoms with Gasteiger partial charge in [-0.2, -0.15) is 5.10 Å². The first-order valence-electron chi connectivity index (χ1n) is 9.94. The SMILES string of the molecule is CCCN1c2cc(C)c(/C=N\NC(=O)c3ccccc3Cl)cc2C(C)=CC1(C)C. The standard InChI is InChI=1S/C24H28ClN3O/c1-6-11-28-22-12-16(2)18(13-20(22)17(3)14-24(28,4)5)15-26-27-23(29)19-9-7-8-10-21(19)25/h7-10,12-15H,6,11H2,1-5H3,(H,27,29)/b26-15-. The summed E-state index contributed by atoms with van der Waals surface area (Å²) in [6.07, 6.45) is 5.11. The number of amides is 1. The minimum Gasteiger partial charge on any atom is -0.362 e. The van der Waals surface area contributed by atoms with E-state index in [4.69, 9.17) is 11.6 Å². The maximum atomic E-state index is 12.3. The fraction of sp³-hybridized carbons (Fsp3) is 0.333. The molecule has 1 amide bonds. The molecular formula is C24H28ClN3O. The lowest BCUT2D eigenvalue weighted by atomic mass is 9.87. The van der Waals surface area contributed by atoms with Gasteiger partial charge < -0.3 is 4.90 Å². The van der Waals surface area contributed by atoms with Gasteiger partial charge in [-0.3, -0.25) is 4.79 Å². The van der Waals surface area contributed by atoms with Crippen LogP contribution in [0.3, 0.4) is 0 Å². The van der Waals surface area contributed by atoms with Crippen molar-refractivity contribution in [3.8, 4) is 0 Å². The van der Waals surface area contributed by atoms with Crippen molar-refractivity contribution in [2.45, 2.75) is 46.6 Å². The summed E-state index contributed by atoms with van der Waals surface area (Å²) in [7, 11) is 0. The summed E-state index contributed by atoms with van der Waals surface area (Å²) in [6, 6.07) is 11.3. The quantitative estimate of drug-likeness (QED) is 0.499. The van der Waals surface area contributed by atoms with Crippen molar-refractivity contribution in [2.24, 2.45) is 5.10 Å². The lowest BCUT2D eigenvalue weighted by Gasteiger charge is -2.43. The summed E-state index contributed by atoms with van der Waals surface area (Å²) in [6.45, 7) is 11.9. The van der Waals surface area contributed by atoms with Gasteiger partial charge in [-0.15, -0.1) is 0 Å². The fourth-order valence-corrected chi connectivity index (χ4v) is 4.10. The number of rotatable bonds is 5. The molecule has 0 aliphatic carbocycles. The van der Waals surface area contributed by atoms with E-state index in [1.54, 1.807) is 30.5 Å². The van der Waals surface area contributed by atoms with Crippen molar-refractivity contribution < 1.29 is 4.79 Å². The first-order valence-corrected chi connectivity index (χ1v) is 10.3. The number of nitrogens with zero attached hydrogens (tertiary/aromatic N) is 2. The van der Waals surface area contributed by atoms with Crippen LogP contribution in [0.1, 0.15) is 61.2 Å². The van der Waals surface area contributed by atoms with Crippen LogP contribution in [0, 0.1) is 6.92 Å². The normalized spacial score (nSPS) is 15.2. The van der Waals surface area contributed by atoms with E-state index in [2.05, 4.69) is 68.3 Å². The predicted octanol–water partition coefficient (Wildman–Crippen LogP) is 5.82. The maximum Gasteiger partial charge on any atom is 0.272 e. The number of fused-ring (bicyclic) bond motifs is 1. The summed E-state index contributed by atoms with van der Waals surface area (Å²) in [5.74, 6) is -0.325. The van der Waals surface area contributed by atoms with E-state index in [1.165, 1.54) is 16.8 Å². The molecule has 0 spiro atoms. The third-order valence-electron chi connectivity index (χ3n) is 5.30. The van der Waals surface area contributed by atoms with Crippen LogP contribution in [0.5, 0.6) is 0 Å². The van der Waals surface area contributed by atoms with E-state index in [1.807, 2.05) is 0 Å². The number of carbonyl (C=O) groups is 1. The van der Waals surface area contributed by atoms with E-state index in [-0.39, 0.29) is 11.4 Å². The van der Waals surface area contributed by atoms with Gasteiger partial charge in [0.05, 0.1) is 22.3 Å². The van der Waals surface area contributed by atoms with Gasteiger partial charge in [0.15, 0.2) is 0 Å². The molecule has 1 aliphatic heterocycles. The van der Waals surface area contributed by atoms with Crippen molar-refractivity contribution in [1.82, 2.24) is 5.43 Å². The Labute approximate surface area is 178 Å². The van der Waals surface area contributed by atoms with Crippen molar-refractivity contribution in [3.63, 3.8) is 0 Å². The Morgan fingerprint density at radius 3 is 2.66 bits per heavy atom. The zero-order chi connectivity index (χ0) is 21.2. The molecule has 2 aromatic carbocycles. The van der Waals surface area contributed by atoms with Gasteiger partial charge in [0.1, 0.15) is 0 Å². The Balaban J connectivity index is 1.87. The summed E-state index contributed by atoms with van der Waals surface area (Å²) >= 11 is 6.07. The molecule has 1 heterocycles. The number of benzene rings is 2. The number of hydrogen-bond donors (Lipinski definition) is 1. The molecule has 1 N–H and O–H groups in total. The number of halogens is 1. The first kappa shape index (κ1) is 21.1. The Bertz CT molecular complexity index is 992. The summed E-state index contributed by atoms with van der Waals surface area (Å²) in [5, 5.41) is 4.57. The molecule has 0 aromatic heterocycles. The number of hydrogen-bond acceptors (Lipinski definition) is 3. The molecule has 2 aromatic rings. The average Bonchev–Trinajstić information content (AvgIpc) is 2.66. The minimum absolute atomic E-state index is 0.0158. The van der Waals surface area contributed by atoms with Gasteiger partial charge in [0.25, 0.3) is 5.91 Å². The molecule has 0 fully saturated rings. The van der Waals surface area contributed by atoms with Crippen LogP contribution in [0.15, 0.2) is 47.6 Å². The molecule has 5 heteroatoms. The lowest BCUT2D eigenvalue weighted by Crippen LogP contribution is -2.45. The molecule has 3 rings (SSSR count). The Morgan fingerprint density at radius 2 is 1.97 bits per heavy atom. The number of aryl methyl sites for hydroxylation is 1. The van der Waals surface area contributed by atoms with Crippen LogP contribution >= 0.6 is 11.6 Å². The zero-order valence-corrected chi connectivity index (χ0v) is 18.5. The monoisotopic (exact) mass is 409 g/mol. The summed E-state index contributed by atoms with van der Waals surface area (Å²) in [4.78, 5) is 14.7. The highest BCUT2D eigenvalue weighted by molar-refractivity contribution is 6.33. The number of anilines is 1. The van der Waals surface area contributed by atoms with Crippen LogP contribution in [0.4, 0.5) is 5.69 Å². The third kappa shape index (κ3) is 4.38. The van der Waals surface area contributed by atoms with Crippen LogP contribution in [-0.2, 0) is 0 Å². The topological polar surface area (TPSA) is 44.7 Å². The van der Waals surface area contributed by atoms with Gasteiger partial charge in [0.2, 0.25) is 0 Å². The Hall–Kier alpha value is -2.59. The molecule has 0 saturated carbocycles. The molecule has 29 heavy (non-hydrogen) atoms. The molecule has 1 aliphatic rings. The van der Waals surface area contributed by atoms with Gasteiger partial charge in [-0.05, 0) is 75.1 Å². The second-order valence-electron chi connectivity index (χ2n) is 8.04. The van der Waals surface area contributed by atoms with Crippen LogP contribution in [0.25, 0.3) is 5.57 Å². The third-order valence-corrected chi connectivity index (χ3v) is 5.63. The predicted molar refractivity (Wildman–Crippen MR) is 123 cm³/mol. The van der Waals surface area contributed by atoms with E-state index in [0.717, 1.165) is 24.1 Å². The molecule has 0 bridgehead atoms. The Morgan fingerprint density at radius 1 is 1.24 bits per heavy atom. The van der Waals surface area contributed by atoms with E-state index in [9.17, 15) is 4.79 Å². The molecule has 0 saturated heterocycles. The molecule has 0 atom stereocenters. The lowest BCUT2D eigenvalue weighted by molar-refractivity contribution is 0.0955. The number of carbonyl (C=O) groups excluding carboxylic acids is 1. The van der Waals surface area contributed by atoms with Gasteiger partial charge in [-0.25, -0.2) is 5.43 Å². The van der Waals surface area contributed by atoms with Crippen LogP contribution < -0.4 is 10.3 Å². The van der Waals surface area contributed by atoms with Crippen molar-refractivity contribution in [1.29, 1.82) is 0 Å². The average molecular weight is 410 g/mol. The van der Waals surface area contributed by atoms with E-state index < -0.39 is 0 Å². The molecule has 0 unspecified atom stereocenters. The molecule has 4 nitrogen and oxygen atoms in total. The first-order chi connectivity index (χ1) is 13.7. The van der Waals surface area contributed by atoms with Crippen molar-refractivity contribution in [3.05, 3.63) is 69.8 Å². The van der Waals surface area contributed by atoms with Crippen LogP contribution in [-0.4, -0.2) is 24.2 Å². The van der Waals surface area contributed by atoms with E-state index >= 15 is 0 Å². The number of allylic oxidation sites excluding steroid dienone is 1. The maximum absolute atomic E-state index is 12.3. The molecule has 152 valence electrons. The number of hydrazone groups is 1. The van der Waals surface area contributed by atoms with Gasteiger partial charge >= 0.3 is 0 Å². The highest BCUT2D eigenvalue weighted by Gasteiger charge is 2.31. The smallest absolute Gasteiger partial charge is 0.272 e. The minimum atomic E-state index is -0.325. The van der Waals surface area contributed by atoms with Crippen molar-refractivity contribution >= 4 is 35.0 Å². The van der Waals surface area contributed by atoms with Crippen molar-refractivity contribution in [2.75, 3.05) is 11.4 Å². The van der Waals surface area contributed by atoms with Crippen LogP contribution in [0.2, 0.25) is 5.02 Å². The highest BCUT2D eigenvalue weighted by Crippen LogP contribution is 2.40. The van der Waals surface area contributed by atoms with Gasteiger partial charge in [-0.1, -0.05) is 36.7 Å². The summed E-state index contributed by atoms with van der Waals surface area (Å²) < 4.78 is 0. The fourth-order valence-electron chi connectivity index (χ4n) is 3.88. The molecule has 0 radical (unpaired) electrons. The molecular weight excluding hydrogens is 382 g/mol. The number of nitrogens with one attached hydrogen (secondary N) is 1. The largest absolute Gasteiger partial charge is 0.362 e. The van der Waals surface area contributed by atoms with Gasteiger partial charge in [0, 0.05) is 17.8 Å². The zero-order valence-electron chi connectivity index (χ0n) is 17.7. The van der Waals surface area contributed by atoms with E-state index in [0.29, 0.717) is 10.6 Å². The highest BCUT2D eigenvalue weighted by atomic mass is 35.5. The second kappa shape index (κ2) is 8.42. The Kier molecular flexibility index (Phi) is 6.13.